The van der Waals surface area contributed by atoms with Crippen molar-refractivity contribution in [2.75, 3.05) is 5.84 Å². The molecule has 8 heavy (non-hydrogen) atoms. The van der Waals surface area contributed by atoms with Crippen LogP contribution >= 0.6 is 0 Å². The summed E-state index contributed by atoms with van der Waals surface area (Å²) in [5.41, 5.74) is -0.272. The first-order valence-corrected chi connectivity index (χ1v) is 2.08. The molecule has 1 rings (SSSR count). The molecule has 1 aromatic heterocycles. The zero-order chi connectivity index (χ0) is 5.98. The van der Waals surface area contributed by atoms with Gasteiger partial charge in [-0.1, -0.05) is 0 Å². The van der Waals surface area contributed by atoms with Gasteiger partial charge in [0.15, 0.2) is 0 Å². The zero-order valence-corrected chi connectivity index (χ0v) is 4.11. The summed E-state index contributed by atoms with van der Waals surface area (Å²) in [4.78, 5) is 13.6. The minimum absolute atomic E-state index is 0.272. The fourth-order valence-corrected chi connectivity index (χ4v) is 0.355. The first-order valence-electron chi connectivity index (χ1n) is 2.08. The summed E-state index contributed by atoms with van der Waals surface area (Å²) in [5, 5.41) is 0. The zero-order valence-electron chi connectivity index (χ0n) is 4.11. The highest BCUT2D eigenvalue weighted by Crippen LogP contribution is 1.64. The third-order valence-electron chi connectivity index (χ3n) is 0.708. The van der Waals surface area contributed by atoms with Crippen molar-refractivity contribution in [3.8, 4) is 0 Å². The molecule has 0 radical (unpaired) electrons. The highest BCUT2D eigenvalue weighted by molar-refractivity contribution is 4.80. The van der Waals surface area contributed by atoms with Crippen LogP contribution in [0, 0.1) is 0 Å². The molecule has 4 nitrogen and oxygen atoms in total. The van der Waals surface area contributed by atoms with Crippen LogP contribution in [-0.4, -0.2) is 9.66 Å². The van der Waals surface area contributed by atoms with E-state index in [1.807, 2.05) is 0 Å². The molecule has 0 unspecified atom stereocenters. The Morgan fingerprint density at radius 1 is 1.75 bits per heavy atom. The molecular weight excluding hydrogens is 106 g/mol. The van der Waals surface area contributed by atoms with Crippen LogP contribution in [0.3, 0.4) is 0 Å². The summed E-state index contributed by atoms with van der Waals surface area (Å²) in [6.07, 6.45) is 2.69. The standard InChI is InChI=1S/C4H5N3O/c5-7-2-1-4(8)6-3-7/h1-3H,5H2. The Bertz CT molecular complexity index is 208. The number of hydrogen-bond acceptors (Lipinski definition) is 3. The minimum Gasteiger partial charge on any atom is -0.338 e. The topological polar surface area (TPSA) is 60.9 Å². The van der Waals surface area contributed by atoms with Crippen molar-refractivity contribution in [1.82, 2.24) is 9.66 Å². The molecule has 0 atom stereocenters. The van der Waals surface area contributed by atoms with Gasteiger partial charge in [-0.25, -0.2) is 0 Å². The van der Waals surface area contributed by atoms with Crippen LogP contribution in [0.1, 0.15) is 0 Å². The first kappa shape index (κ1) is 4.83. The minimum atomic E-state index is -0.272. The Kier molecular flexibility index (Phi) is 0.997. The van der Waals surface area contributed by atoms with Crippen molar-refractivity contribution >= 4 is 0 Å². The number of rotatable bonds is 0. The number of hydrogen-bond donors (Lipinski definition) is 1. The molecule has 0 amide bonds. The maximum Gasteiger partial charge on any atom is 0.272 e. The van der Waals surface area contributed by atoms with Crippen molar-refractivity contribution in [3.63, 3.8) is 0 Å². The largest absolute Gasteiger partial charge is 0.338 e. The number of nitrogens with two attached hydrogens (primary N) is 1. The second-order valence-electron chi connectivity index (χ2n) is 1.35. The van der Waals surface area contributed by atoms with Gasteiger partial charge in [-0.2, -0.15) is 4.98 Å². The highest BCUT2D eigenvalue weighted by atomic mass is 16.1. The molecule has 0 saturated heterocycles. The van der Waals surface area contributed by atoms with Crippen molar-refractivity contribution in [1.29, 1.82) is 0 Å². The third kappa shape index (κ3) is 0.841. The molecule has 0 fully saturated rings. The molecule has 0 aliphatic rings. The van der Waals surface area contributed by atoms with Gasteiger partial charge in [-0.3, -0.25) is 9.47 Å². The van der Waals surface area contributed by atoms with Crippen molar-refractivity contribution in [2.24, 2.45) is 0 Å². The van der Waals surface area contributed by atoms with Crippen LogP contribution in [0.25, 0.3) is 0 Å². The smallest absolute Gasteiger partial charge is 0.272 e. The fourth-order valence-electron chi connectivity index (χ4n) is 0.355. The maximum atomic E-state index is 10.2. The van der Waals surface area contributed by atoms with Gasteiger partial charge in [0.25, 0.3) is 5.56 Å². The van der Waals surface area contributed by atoms with Gasteiger partial charge in [-0.15, -0.1) is 0 Å². The highest BCUT2D eigenvalue weighted by Gasteiger charge is 1.78. The van der Waals surface area contributed by atoms with E-state index in [2.05, 4.69) is 4.98 Å². The molecule has 2 N–H and O–H groups in total. The van der Waals surface area contributed by atoms with Crippen molar-refractivity contribution in [2.45, 2.75) is 0 Å². The summed E-state index contributed by atoms with van der Waals surface area (Å²) in [6.45, 7) is 0. The van der Waals surface area contributed by atoms with Gasteiger partial charge in [0, 0.05) is 12.3 Å². The normalized spacial score (nSPS) is 9.00. The summed E-state index contributed by atoms with van der Waals surface area (Å²) in [6, 6.07) is 1.29. The lowest BCUT2D eigenvalue weighted by atomic mass is 10.7. The van der Waals surface area contributed by atoms with Crippen LogP contribution in [-0.2, 0) is 0 Å². The van der Waals surface area contributed by atoms with Gasteiger partial charge in [-0.05, 0) is 0 Å². The van der Waals surface area contributed by atoms with Crippen molar-refractivity contribution < 1.29 is 0 Å². The average Bonchev–Trinajstić information content (AvgIpc) is 1.77. The van der Waals surface area contributed by atoms with Gasteiger partial charge >= 0.3 is 0 Å². The molecule has 0 saturated carbocycles. The molecular formula is C4H5N3O. The van der Waals surface area contributed by atoms with E-state index >= 15 is 0 Å². The van der Waals surface area contributed by atoms with E-state index in [0.29, 0.717) is 0 Å². The Balaban J connectivity index is 3.22. The second-order valence-corrected chi connectivity index (χ2v) is 1.35. The average molecular weight is 111 g/mol. The third-order valence-corrected chi connectivity index (χ3v) is 0.708. The molecule has 1 aromatic rings. The summed E-state index contributed by atoms with van der Waals surface area (Å²) in [5.74, 6) is 5.14. The Hall–Kier alpha value is -1.32. The molecule has 0 aliphatic heterocycles. The Morgan fingerprint density at radius 3 is 2.88 bits per heavy atom. The van der Waals surface area contributed by atoms with E-state index in [1.54, 1.807) is 0 Å². The van der Waals surface area contributed by atoms with E-state index in [4.69, 9.17) is 5.84 Å². The fraction of sp³-hybridized carbons (Fsp3) is 0. The van der Waals surface area contributed by atoms with Crippen molar-refractivity contribution in [3.05, 3.63) is 28.9 Å². The quantitative estimate of drug-likeness (QED) is 0.435. The predicted molar refractivity (Wildman–Crippen MR) is 28.6 cm³/mol. The maximum absolute atomic E-state index is 10.2. The molecule has 4 heteroatoms. The predicted octanol–water partition coefficient (Wildman–Crippen LogP) is -1.04. The van der Waals surface area contributed by atoms with Crippen LogP contribution in [0.2, 0.25) is 0 Å². The Morgan fingerprint density at radius 2 is 2.50 bits per heavy atom. The SMILES string of the molecule is Nn1ccc(=O)nc1. The van der Waals surface area contributed by atoms with E-state index in [1.165, 1.54) is 23.3 Å². The van der Waals surface area contributed by atoms with Crippen LogP contribution in [0.5, 0.6) is 0 Å². The van der Waals surface area contributed by atoms with E-state index in [0.717, 1.165) is 0 Å². The van der Waals surface area contributed by atoms with E-state index < -0.39 is 0 Å². The van der Waals surface area contributed by atoms with Gasteiger partial charge < -0.3 is 5.84 Å². The lowest BCUT2D eigenvalue weighted by molar-refractivity contribution is 0.919. The molecule has 42 valence electrons. The molecule has 0 bridgehead atoms. The summed E-state index contributed by atoms with van der Waals surface area (Å²) in [7, 11) is 0. The van der Waals surface area contributed by atoms with Gasteiger partial charge in [0.05, 0.1) is 0 Å². The molecule has 0 aromatic carbocycles. The summed E-state index contributed by atoms with van der Waals surface area (Å²) >= 11 is 0. The second kappa shape index (κ2) is 1.65. The molecule has 1 heterocycles. The van der Waals surface area contributed by atoms with Crippen LogP contribution < -0.4 is 11.4 Å². The van der Waals surface area contributed by atoms with Crippen LogP contribution in [0.15, 0.2) is 23.4 Å². The van der Waals surface area contributed by atoms with Gasteiger partial charge in [0.1, 0.15) is 6.33 Å². The number of nitrogens with zero attached hydrogens (tertiary/aromatic N) is 2. The lowest BCUT2D eigenvalue weighted by Crippen LogP contribution is -2.13. The van der Waals surface area contributed by atoms with Crippen LogP contribution in [0.4, 0.5) is 0 Å². The number of nitrogen functional groups attached to an aromatic ring is 1. The number of aromatic nitrogens is 2. The summed E-state index contributed by atoms with van der Waals surface area (Å²) < 4.78 is 1.21. The monoisotopic (exact) mass is 111 g/mol. The molecule has 0 aliphatic carbocycles. The Labute approximate surface area is 45.6 Å². The molecule has 0 spiro atoms. The lowest BCUT2D eigenvalue weighted by Gasteiger charge is -1.89. The van der Waals surface area contributed by atoms with E-state index in [-0.39, 0.29) is 5.56 Å². The van der Waals surface area contributed by atoms with E-state index in [9.17, 15) is 4.79 Å². The first-order chi connectivity index (χ1) is 3.79. The van der Waals surface area contributed by atoms with Gasteiger partial charge in [0.2, 0.25) is 0 Å².